The summed E-state index contributed by atoms with van der Waals surface area (Å²) in [6.45, 7) is 3.40. The number of hydrogen-bond acceptors (Lipinski definition) is 3. The van der Waals surface area contributed by atoms with E-state index in [9.17, 15) is 0 Å². The molecule has 2 rings (SSSR count). The molecule has 2 nitrogen and oxygen atoms in total. The summed E-state index contributed by atoms with van der Waals surface area (Å²) in [6, 6.07) is 0. The van der Waals surface area contributed by atoms with Crippen molar-refractivity contribution in [2.24, 2.45) is 0 Å². The Bertz CT molecular complexity index is 237. The number of thiazole rings is 1. The van der Waals surface area contributed by atoms with Gasteiger partial charge in [0, 0.05) is 22.9 Å². The highest BCUT2D eigenvalue weighted by Crippen LogP contribution is 2.19. The zero-order valence-corrected chi connectivity index (χ0v) is 9.14. The molecule has 1 atom stereocenters. The maximum absolute atomic E-state index is 4.27. The maximum atomic E-state index is 4.27. The summed E-state index contributed by atoms with van der Waals surface area (Å²) in [5.74, 6) is 0. The Morgan fingerprint density at radius 1 is 1.75 bits per heavy atom. The largest absolute Gasteiger partial charge is 0.296 e. The normalized spacial score (nSPS) is 24.9. The number of alkyl halides is 1. The third-order valence-corrected chi connectivity index (χ3v) is 3.57. The minimum atomic E-state index is 0.692. The first-order chi connectivity index (χ1) is 5.84. The Morgan fingerprint density at radius 2 is 2.67 bits per heavy atom. The van der Waals surface area contributed by atoms with Crippen LogP contribution in [0.25, 0.3) is 0 Å². The molecule has 0 aliphatic carbocycles. The van der Waals surface area contributed by atoms with E-state index in [2.05, 4.69) is 25.8 Å². The van der Waals surface area contributed by atoms with E-state index in [1.165, 1.54) is 24.5 Å². The first-order valence-corrected chi connectivity index (χ1v) is 5.89. The van der Waals surface area contributed by atoms with Gasteiger partial charge in [0.25, 0.3) is 0 Å². The lowest BCUT2D eigenvalue weighted by Crippen LogP contribution is -2.19. The molecule has 1 aliphatic heterocycles. The van der Waals surface area contributed by atoms with Crippen molar-refractivity contribution >= 4 is 27.3 Å². The fourth-order valence-corrected chi connectivity index (χ4v) is 2.72. The van der Waals surface area contributed by atoms with Gasteiger partial charge in [0.15, 0.2) is 0 Å². The first-order valence-electron chi connectivity index (χ1n) is 4.09. The van der Waals surface area contributed by atoms with Crippen molar-refractivity contribution in [2.45, 2.75) is 17.8 Å². The molecule has 0 spiro atoms. The molecule has 4 heteroatoms. The van der Waals surface area contributed by atoms with E-state index < -0.39 is 0 Å². The van der Waals surface area contributed by atoms with Crippen LogP contribution in [0.4, 0.5) is 0 Å². The van der Waals surface area contributed by atoms with Crippen molar-refractivity contribution in [2.75, 3.05) is 13.1 Å². The van der Waals surface area contributed by atoms with E-state index in [4.69, 9.17) is 0 Å². The zero-order valence-electron chi connectivity index (χ0n) is 6.74. The Labute approximate surface area is 84.7 Å². The molecule has 0 saturated carbocycles. The summed E-state index contributed by atoms with van der Waals surface area (Å²) in [4.78, 5) is 7.40. The van der Waals surface area contributed by atoms with Crippen LogP contribution in [0.1, 0.15) is 11.4 Å². The van der Waals surface area contributed by atoms with Gasteiger partial charge in [0.2, 0.25) is 0 Å². The highest BCUT2D eigenvalue weighted by molar-refractivity contribution is 9.09. The topological polar surface area (TPSA) is 16.1 Å². The molecule has 0 aromatic carbocycles. The third-order valence-electron chi connectivity index (χ3n) is 2.06. The minimum absolute atomic E-state index is 0.692. The molecule has 66 valence electrons. The van der Waals surface area contributed by atoms with Crippen LogP contribution in [0.5, 0.6) is 0 Å². The Kier molecular flexibility index (Phi) is 2.78. The second-order valence-corrected chi connectivity index (χ2v) is 5.32. The van der Waals surface area contributed by atoms with Crippen molar-refractivity contribution in [3.05, 3.63) is 16.6 Å². The molecule has 0 radical (unpaired) electrons. The Hall–Kier alpha value is 0.0700. The number of aromatic nitrogens is 1. The van der Waals surface area contributed by atoms with Crippen molar-refractivity contribution in [3.8, 4) is 0 Å². The van der Waals surface area contributed by atoms with E-state index in [1.807, 2.05) is 11.6 Å². The van der Waals surface area contributed by atoms with Crippen LogP contribution in [0.3, 0.4) is 0 Å². The molecule has 1 aromatic rings. The van der Waals surface area contributed by atoms with Crippen LogP contribution in [-0.4, -0.2) is 27.8 Å². The molecule has 0 bridgehead atoms. The van der Waals surface area contributed by atoms with Gasteiger partial charge in [-0.05, 0) is 13.0 Å². The minimum Gasteiger partial charge on any atom is -0.296 e. The van der Waals surface area contributed by atoms with Gasteiger partial charge in [-0.25, -0.2) is 4.98 Å². The molecule has 1 fully saturated rings. The van der Waals surface area contributed by atoms with Crippen LogP contribution in [0.2, 0.25) is 0 Å². The monoisotopic (exact) mass is 246 g/mol. The third kappa shape index (κ3) is 2.06. The molecule has 1 saturated heterocycles. The summed E-state index contributed by atoms with van der Waals surface area (Å²) in [6.07, 6.45) is 3.15. The number of likely N-dealkylation sites (tertiary alicyclic amines) is 1. The van der Waals surface area contributed by atoms with Gasteiger partial charge < -0.3 is 0 Å². The first kappa shape index (κ1) is 8.66. The van der Waals surface area contributed by atoms with Gasteiger partial charge in [-0.3, -0.25) is 4.90 Å². The van der Waals surface area contributed by atoms with Crippen LogP contribution in [0.15, 0.2) is 11.6 Å². The fourth-order valence-electron chi connectivity index (χ4n) is 1.45. The maximum Gasteiger partial charge on any atom is 0.107 e. The summed E-state index contributed by atoms with van der Waals surface area (Å²) in [5.41, 5.74) is 0. The van der Waals surface area contributed by atoms with Crippen molar-refractivity contribution in [1.82, 2.24) is 9.88 Å². The lowest BCUT2D eigenvalue weighted by molar-refractivity contribution is 0.332. The standard InChI is InChI=1S/C8H11BrN2S/c9-7-1-3-11(5-7)6-8-10-2-4-12-8/h2,4,7H,1,3,5-6H2. The predicted molar refractivity (Wildman–Crippen MR) is 54.7 cm³/mol. The van der Waals surface area contributed by atoms with E-state index in [-0.39, 0.29) is 0 Å². The van der Waals surface area contributed by atoms with Crippen LogP contribution in [0, 0.1) is 0 Å². The zero-order chi connectivity index (χ0) is 8.39. The average Bonchev–Trinajstić information content (AvgIpc) is 2.63. The molecule has 1 aliphatic rings. The molecule has 0 amide bonds. The predicted octanol–water partition coefficient (Wildman–Crippen LogP) is 2.11. The summed E-state index contributed by atoms with van der Waals surface area (Å²) < 4.78 is 0. The van der Waals surface area contributed by atoms with Gasteiger partial charge in [-0.2, -0.15) is 0 Å². The van der Waals surface area contributed by atoms with Gasteiger partial charge in [-0.15, -0.1) is 11.3 Å². The lowest BCUT2D eigenvalue weighted by Gasteiger charge is -2.11. The highest BCUT2D eigenvalue weighted by Gasteiger charge is 2.20. The molecular weight excluding hydrogens is 236 g/mol. The smallest absolute Gasteiger partial charge is 0.107 e. The van der Waals surface area contributed by atoms with Crippen molar-refractivity contribution < 1.29 is 0 Å². The van der Waals surface area contributed by atoms with Crippen LogP contribution >= 0.6 is 27.3 Å². The number of halogens is 1. The van der Waals surface area contributed by atoms with E-state index in [1.54, 1.807) is 11.3 Å². The summed E-state index contributed by atoms with van der Waals surface area (Å²) in [7, 11) is 0. The molecule has 1 unspecified atom stereocenters. The quantitative estimate of drug-likeness (QED) is 0.744. The molecule has 0 N–H and O–H groups in total. The van der Waals surface area contributed by atoms with Crippen LogP contribution < -0.4 is 0 Å². The average molecular weight is 247 g/mol. The molecular formula is C8H11BrN2S. The lowest BCUT2D eigenvalue weighted by atomic mass is 10.4. The molecule has 2 heterocycles. The summed E-state index contributed by atoms with van der Waals surface area (Å²) >= 11 is 5.37. The van der Waals surface area contributed by atoms with Crippen LogP contribution in [-0.2, 0) is 6.54 Å². The van der Waals surface area contributed by atoms with Crippen molar-refractivity contribution in [1.29, 1.82) is 0 Å². The fraction of sp³-hybridized carbons (Fsp3) is 0.625. The summed E-state index contributed by atoms with van der Waals surface area (Å²) in [5, 5.41) is 3.27. The van der Waals surface area contributed by atoms with Gasteiger partial charge in [-0.1, -0.05) is 15.9 Å². The second-order valence-electron chi connectivity index (χ2n) is 3.05. The number of hydrogen-bond donors (Lipinski definition) is 0. The molecule has 1 aromatic heterocycles. The highest BCUT2D eigenvalue weighted by atomic mass is 79.9. The Morgan fingerprint density at radius 3 is 3.25 bits per heavy atom. The van der Waals surface area contributed by atoms with Gasteiger partial charge >= 0.3 is 0 Å². The van der Waals surface area contributed by atoms with Gasteiger partial charge in [0.05, 0.1) is 6.54 Å². The number of nitrogens with zero attached hydrogens (tertiary/aromatic N) is 2. The number of rotatable bonds is 2. The van der Waals surface area contributed by atoms with E-state index in [0.717, 1.165) is 6.54 Å². The van der Waals surface area contributed by atoms with Gasteiger partial charge in [0.1, 0.15) is 5.01 Å². The second kappa shape index (κ2) is 3.85. The SMILES string of the molecule is BrC1CCN(Cc2nccs2)C1. The Balaban J connectivity index is 1.88. The van der Waals surface area contributed by atoms with E-state index in [0.29, 0.717) is 4.83 Å². The molecule has 12 heavy (non-hydrogen) atoms. The van der Waals surface area contributed by atoms with Crippen molar-refractivity contribution in [3.63, 3.8) is 0 Å². The van der Waals surface area contributed by atoms with E-state index >= 15 is 0 Å².